The van der Waals surface area contributed by atoms with E-state index >= 15 is 0 Å². The third-order valence-electron chi connectivity index (χ3n) is 6.08. The topological polar surface area (TPSA) is 72.5 Å². The van der Waals surface area contributed by atoms with E-state index in [0.717, 1.165) is 56.6 Å². The minimum Gasteiger partial charge on any atom is -0.407 e. The lowest BCUT2D eigenvalue weighted by molar-refractivity contribution is -0.137. The first-order valence-electron chi connectivity index (χ1n) is 11.1. The molecule has 0 unspecified atom stereocenters. The maximum Gasteiger partial charge on any atom is 0.416 e. The molecule has 0 bridgehead atoms. The quantitative estimate of drug-likeness (QED) is 0.245. The zero-order valence-corrected chi connectivity index (χ0v) is 20.6. The normalized spacial score (nSPS) is 12.5. The van der Waals surface area contributed by atoms with E-state index in [1.807, 2.05) is 60.7 Å². The first-order valence-corrected chi connectivity index (χ1v) is 13.8. The molecule has 186 valence electrons. The minimum atomic E-state index is -4.58. The van der Waals surface area contributed by atoms with Gasteiger partial charge in [0.2, 0.25) is 0 Å². The molecule has 37 heavy (non-hydrogen) atoms. The highest BCUT2D eigenvalue weighted by molar-refractivity contribution is 7.97. The van der Waals surface area contributed by atoms with Crippen molar-refractivity contribution >= 4 is 61.7 Å². The Kier molecular flexibility index (Phi) is 5.53. The fourth-order valence-electron chi connectivity index (χ4n) is 4.38. The van der Waals surface area contributed by atoms with Crippen LogP contribution in [0.15, 0.2) is 110 Å². The third-order valence-corrected chi connectivity index (χ3v) is 9.26. The van der Waals surface area contributed by atoms with Crippen LogP contribution in [0.1, 0.15) is 5.56 Å². The summed E-state index contributed by atoms with van der Waals surface area (Å²) in [6.07, 6.45) is -4.58. The molecule has 0 atom stereocenters. The lowest BCUT2D eigenvalue weighted by atomic mass is 9.99. The Morgan fingerprint density at radius 3 is 1.62 bits per heavy atom. The van der Waals surface area contributed by atoms with Crippen molar-refractivity contribution in [2.75, 3.05) is 4.49 Å². The lowest BCUT2D eigenvalue weighted by Gasteiger charge is -2.08. The average Bonchev–Trinajstić information content (AvgIpc) is 3.04. The number of sulfonamides is 1. The molecule has 6 aromatic rings. The van der Waals surface area contributed by atoms with Crippen LogP contribution in [0.25, 0.3) is 43.5 Å². The van der Waals surface area contributed by atoms with Gasteiger partial charge in [-0.15, -0.1) is 4.49 Å². The molecule has 0 fully saturated rings. The SMILES string of the molecule is O=S(=O)(Np1oc2ccc3ccccc3c2c2c(ccc3ccccc32)o1)c1ccc(C(F)(F)F)cc1. The van der Waals surface area contributed by atoms with Gasteiger partial charge in [-0.3, -0.25) is 0 Å². The predicted octanol–water partition coefficient (Wildman–Crippen LogP) is 8.55. The van der Waals surface area contributed by atoms with Gasteiger partial charge in [0.05, 0.1) is 10.5 Å². The molecule has 0 spiro atoms. The van der Waals surface area contributed by atoms with Gasteiger partial charge in [-0.25, -0.2) is 8.42 Å². The highest BCUT2D eigenvalue weighted by Crippen LogP contribution is 2.41. The summed E-state index contributed by atoms with van der Waals surface area (Å²) in [5, 5.41) is 5.29. The van der Waals surface area contributed by atoms with Crippen LogP contribution >= 0.6 is 8.16 Å². The van der Waals surface area contributed by atoms with Crippen molar-refractivity contribution in [1.82, 2.24) is 0 Å². The molecule has 5 nitrogen and oxygen atoms in total. The molecule has 0 amide bonds. The largest absolute Gasteiger partial charge is 0.416 e. The Balaban J connectivity index is 1.61. The number of hydrogen-bond acceptors (Lipinski definition) is 4. The predicted molar refractivity (Wildman–Crippen MR) is 139 cm³/mol. The van der Waals surface area contributed by atoms with Crippen molar-refractivity contribution in [2.24, 2.45) is 0 Å². The van der Waals surface area contributed by atoms with Crippen LogP contribution in [0.5, 0.6) is 0 Å². The van der Waals surface area contributed by atoms with E-state index in [1.54, 1.807) is 12.1 Å². The third kappa shape index (κ3) is 4.25. The first kappa shape index (κ1) is 23.6. The van der Waals surface area contributed by atoms with Gasteiger partial charge in [0, 0.05) is 10.8 Å². The van der Waals surface area contributed by atoms with Crippen LogP contribution in [0.3, 0.4) is 0 Å². The van der Waals surface area contributed by atoms with Gasteiger partial charge in [0.15, 0.2) is 0 Å². The van der Waals surface area contributed by atoms with Crippen molar-refractivity contribution in [3.05, 3.63) is 103 Å². The molecule has 6 rings (SSSR count). The number of alkyl halides is 3. The second-order valence-electron chi connectivity index (χ2n) is 8.38. The Labute approximate surface area is 209 Å². The second kappa shape index (κ2) is 8.66. The van der Waals surface area contributed by atoms with Gasteiger partial charge < -0.3 is 8.39 Å². The number of nitrogens with one attached hydrogen (secondary N) is 1. The number of rotatable bonds is 3. The van der Waals surface area contributed by atoms with E-state index in [4.69, 9.17) is 8.39 Å². The lowest BCUT2D eigenvalue weighted by Crippen LogP contribution is -2.11. The van der Waals surface area contributed by atoms with Crippen molar-refractivity contribution < 1.29 is 30.0 Å². The van der Waals surface area contributed by atoms with Crippen molar-refractivity contribution in [3.63, 3.8) is 0 Å². The molecular weight excluding hydrogens is 522 g/mol. The van der Waals surface area contributed by atoms with Gasteiger partial charge in [0.1, 0.15) is 11.2 Å². The molecule has 0 saturated carbocycles. The molecule has 10 heteroatoms. The van der Waals surface area contributed by atoms with Crippen molar-refractivity contribution in [2.45, 2.75) is 11.1 Å². The first-order chi connectivity index (χ1) is 17.7. The summed E-state index contributed by atoms with van der Waals surface area (Å²) in [6.45, 7) is 0. The molecular formula is C27H17F3NO4PS. The van der Waals surface area contributed by atoms with E-state index in [0.29, 0.717) is 11.2 Å². The Morgan fingerprint density at radius 2 is 1.14 bits per heavy atom. The molecule has 0 aliphatic carbocycles. The van der Waals surface area contributed by atoms with E-state index in [9.17, 15) is 21.6 Å². The zero-order valence-electron chi connectivity index (χ0n) is 18.9. The maximum atomic E-state index is 13.1. The summed E-state index contributed by atoms with van der Waals surface area (Å²) in [5.74, 6) is 0. The standard InChI is InChI=1S/C27H17F3NO4PS/c28-27(29,30)19-11-13-20(14-12-19)37(32,33)31-36-34-23-15-9-17-5-1-3-7-21(17)25(23)26-22-8-4-2-6-18(22)10-16-24(26)35-36/h1-16,31H. The van der Waals surface area contributed by atoms with E-state index in [-0.39, 0.29) is 4.90 Å². The Bertz CT molecular complexity index is 1870. The highest BCUT2D eigenvalue weighted by atomic mass is 32.2. The smallest absolute Gasteiger partial charge is 0.407 e. The monoisotopic (exact) mass is 539 g/mol. The van der Waals surface area contributed by atoms with Crippen LogP contribution < -0.4 is 4.49 Å². The van der Waals surface area contributed by atoms with Crippen LogP contribution in [0.2, 0.25) is 0 Å². The Hall–Kier alpha value is -3.78. The fourth-order valence-corrected chi connectivity index (χ4v) is 7.08. The average molecular weight is 539 g/mol. The summed E-state index contributed by atoms with van der Waals surface area (Å²) in [5.41, 5.74) is -0.0918. The number of fused-ring (bicyclic) bond motifs is 7. The minimum absolute atomic E-state index is 0.336. The van der Waals surface area contributed by atoms with Gasteiger partial charge in [-0.2, -0.15) is 13.2 Å². The summed E-state index contributed by atoms with van der Waals surface area (Å²) >= 11 is 0. The van der Waals surface area contributed by atoms with Crippen molar-refractivity contribution in [1.29, 1.82) is 0 Å². The molecule has 0 aliphatic heterocycles. The number of hydrogen-bond donors (Lipinski definition) is 1. The van der Waals surface area contributed by atoms with Gasteiger partial charge in [0.25, 0.3) is 10.0 Å². The number of benzene rings is 5. The summed E-state index contributed by atoms with van der Waals surface area (Å²) in [4.78, 5) is -0.336. The fraction of sp³-hybridized carbons (Fsp3) is 0.0370. The summed E-state index contributed by atoms with van der Waals surface area (Å²) < 4.78 is 79.6. The molecule has 5 aromatic carbocycles. The number of halogens is 3. The van der Waals surface area contributed by atoms with Crippen LogP contribution in [-0.2, 0) is 16.2 Å². The second-order valence-corrected chi connectivity index (χ2v) is 11.5. The molecule has 1 aromatic heterocycles. The Morgan fingerprint density at radius 1 is 0.649 bits per heavy atom. The molecule has 0 aliphatic rings. The van der Waals surface area contributed by atoms with Crippen LogP contribution in [-0.4, -0.2) is 8.42 Å². The molecule has 1 heterocycles. The summed E-state index contributed by atoms with van der Waals surface area (Å²) in [6, 6.07) is 26.1. The van der Waals surface area contributed by atoms with E-state index in [1.165, 1.54) is 0 Å². The zero-order chi connectivity index (χ0) is 25.8. The molecule has 0 saturated heterocycles. The van der Waals surface area contributed by atoms with Gasteiger partial charge in [-0.1, -0.05) is 60.7 Å². The van der Waals surface area contributed by atoms with E-state index < -0.39 is 29.9 Å². The maximum absolute atomic E-state index is 13.1. The van der Waals surface area contributed by atoms with Gasteiger partial charge >= 0.3 is 14.3 Å². The molecule has 1 N–H and O–H groups in total. The van der Waals surface area contributed by atoms with E-state index in [2.05, 4.69) is 4.49 Å². The molecule has 0 radical (unpaired) electrons. The van der Waals surface area contributed by atoms with Crippen LogP contribution in [0.4, 0.5) is 13.2 Å². The highest BCUT2D eigenvalue weighted by Gasteiger charge is 2.31. The van der Waals surface area contributed by atoms with Crippen LogP contribution in [0, 0.1) is 0 Å². The van der Waals surface area contributed by atoms with Crippen molar-refractivity contribution in [3.8, 4) is 0 Å². The van der Waals surface area contributed by atoms with Gasteiger partial charge in [-0.05, 0) is 57.9 Å². The summed E-state index contributed by atoms with van der Waals surface area (Å²) in [7, 11) is -6.55.